The van der Waals surface area contributed by atoms with Crippen LogP contribution in [-0.4, -0.2) is 26.6 Å². The number of benzene rings is 2. The second-order valence-corrected chi connectivity index (χ2v) is 8.71. The van der Waals surface area contributed by atoms with Crippen LogP contribution in [0.3, 0.4) is 0 Å². The summed E-state index contributed by atoms with van der Waals surface area (Å²) in [6, 6.07) is 16.5. The second-order valence-electron chi connectivity index (χ2n) is 8.71. The lowest BCUT2D eigenvalue weighted by atomic mass is 9.73. The molecule has 1 saturated carbocycles. The Balaban J connectivity index is 1.57. The predicted molar refractivity (Wildman–Crippen MR) is 122 cm³/mol. The van der Waals surface area contributed by atoms with E-state index in [-0.39, 0.29) is 40.5 Å². The molecular formula is C25H20FN5O2. The van der Waals surface area contributed by atoms with E-state index in [1.165, 1.54) is 0 Å². The quantitative estimate of drug-likeness (QED) is 0.497. The lowest BCUT2D eigenvalue weighted by Crippen LogP contribution is -2.48. The second kappa shape index (κ2) is 6.96. The number of carbonyl (C=O) groups is 2. The molecule has 2 aromatic heterocycles. The molecule has 164 valence electrons. The van der Waals surface area contributed by atoms with Crippen molar-refractivity contribution in [2.45, 2.75) is 31.2 Å². The molecule has 3 heterocycles. The van der Waals surface area contributed by atoms with Crippen molar-refractivity contribution >= 4 is 28.5 Å². The zero-order valence-corrected chi connectivity index (χ0v) is 17.6. The molecule has 2 amide bonds. The summed E-state index contributed by atoms with van der Waals surface area (Å²) in [6.45, 7) is 0. The van der Waals surface area contributed by atoms with Crippen LogP contribution >= 0.6 is 0 Å². The molecule has 2 aromatic carbocycles. The van der Waals surface area contributed by atoms with E-state index in [1.54, 1.807) is 16.8 Å². The highest BCUT2D eigenvalue weighted by Gasteiger charge is 2.47. The van der Waals surface area contributed by atoms with Crippen molar-refractivity contribution in [2.24, 2.45) is 5.73 Å². The molecule has 1 aliphatic carbocycles. The lowest BCUT2D eigenvalue weighted by molar-refractivity contribution is -0.120. The fourth-order valence-corrected chi connectivity index (χ4v) is 4.93. The maximum absolute atomic E-state index is 15.9. The molecule has 1 spiro atoms. The van der Waals surface area contributed by atoms with Gasteiger partial charge in [-0.25, -0.2) is 14.1 Å². The van der Waals surface area contributed by atoms with Crippen molar-refractivity contribution in [1.29, 1.82) is 0 Å². The smallest absolute Gasteiger partial charge is 0.254 e. The first-order valence-corrected chi connectivity index (χ1v) is 10.9. The fourth-order valence-electron chi connectivity index (χ4n) is 4.93. The molecule has 2 aliphatic rings. The van der Waals surface area contributed by atoms with Gasteiger partial charge in [0.2, 0.25) is 5.91 Å². The Morgan fingerprint density at radius 3 is 2.55 bits per heavy atom. The number of aromatic nitrogens is 3. The Morgan fingerprint density at radius 2 is 1.85 bits per heavy atom. The van der Waals surface area contributed by atoms with Gasteiger partial charge in [0.05, 0.1) is 17.7 Å². The van der Waals surface area contributed by atoms with Crippen molar-refractivity contribution in [1.82, 2.24) is 14.8 Å². The summed E-state index contributed by atoms with van der Waals surface area (Å²) >= 11 is 0. The van der Waals surface area contributed by atoms with E-state index in [0.717, 1.165) is 24.8 Å². The van der Waals surface area contributed by atoms with Crippen LogP contribution in [0, 0.1) is 5.82 Å². The van der Waals surface area contributed by atoms with E-state index >= 15 is 4.39 Å². The summed E-state index contributed by atoms with van der Waals surface area (Å²) in [7, 11) is 0. The number of nitrogens with two attached hydrogens (primary N) is 1. The Hall–Kier alpha value is -4.07. The number of halogens is 1. The molecule has 0 saturated heterocycles. The van der Waals surface area contributed by atoms with Gasteiger partial charge in [0, 0.05) is 16.5 Å². The standard InChI is InChI=1S/C25H20FN5O2/c26-20-16(9-7-15-8-10-17(28-21(15)20)14-5-2-1-3-6-14)22-19(23(27)33)24-29-18(32)13-25(11-4-12-25)31(24)30-22/h1-3,5-10H,4,11-13H2,(H2,27,33)(H,29,32). The van der Waals surface area contributed by atoms with Gasteiger partial charge < -0.3 is 11.1 Å². The van der Waals surface area contributed by atoms with E-state index < -0.39 is 17.3 Å². The van der Waals surface area contributed by atoms with E-state index in [2.05, 4.69) is 15.4 Å². The molecule has 33 heavy (non-hydrogen) atoms. The Kier molecular flexibility index (Phi) is 4.14. The van der Waals surface area contributed by atoms with Gasteiger partial charge >= 0.3 is 0 Å². The minimum Gasteiger partial charge on any atom is -0.365 e. The number of carbonyl (C=O) groups excluding carboxylic acids is 2. The number of primary amides is 1. The number of nitrogens with zero attached hydrogens (tertiary/aromatic N) is 3. The van der Waals surface area contributed by atoms with Crippen molar-refractivity contribution in [2.75, 3.05) is 5.32 Å². The maximum Gasteiger partial charge on any atom is 0.254 e. The van der Waals surface area contributed by atoms with Crippen LogP contribution in [0.15, 0.2) is 54.6 Å². The van der Waals surface area contributed by atoms with Crippen LogP contribution in [0.2, 0.25) is 0 Å². The molecule has 1 aliphatic heterocycles. The normalized spacial score (nSPS) is 16.3. The summed E-state index contributed by atoms with van der Waals surface area (Å²) in [5.41, 5.74) is 7.17. The van der Waals surface area contributed by atoms with Crippen LogP contribution in [0.1, 0.15) is 36.0 Å². The number of rotatable bonds is 3. The number of hydrogen-bond acceptors (Lipinski definition) is 4. The van der Waals surface area contributed by atoms with Gasteiger partial charge in [0.15, 0.2) is 5.82 Å². The minimum absolute atomic E-state index is 0.0202. The zero-order chi connectivity index (χ0) is 22.7. The largest absolute Gasteiger partial charge is 0.365 e. The topological polar surface area (TPSA) is 103 Å². The molecular weight excluding hydrogens is 421 g/mol. The molecule has 3 N–H and O–H groups in total. The van der Waals surface area contributed by atoms with Gasteiger partial charge in [-0.3, -0.25) is 9.59 Å². The number of anilines is 1. The third-order valence-corrected chi connectivity index (χ3v) is 6.74. The predicted octanol–water partition coefficient (Wildman–Crippen LogP) is 4.22. The summed E-state index contributed by atoms with van der Waals surface area (Å²) in [5, 5.41) is 8.00. The van der Waals surface area contributed by atoms with Crippen LogP contribution < -0.4 is 11.1 Å². The first-order valence-electron chi connectivity index (χ1n) is 10.9. The van der Waals surface area contributed by atoms with E-state index in [0.29, 0.717) is 11.1 Å². The summed E-state index contributed by atoms with van der Waals surface area (Å²) in [5.74, 6) is -1.30. The van der Waals surface area contributed by atoms with Crippen LogP contribution in [0.4, 0.5) is 10.2 Å². The number of amides is 2. The Morgan fingerprint density at radius 1 is 1.09 bits per heavy atom. The van der Waals surface area contributed by atoms with Crippen molar-refractivity contribution in [3.8, 4) is 22.5 Å². The number of nitrogens with one attached hydrogen (secondary N) is 1. The Labute approximate surface area is 188 Å². The highest BCUT2D eigenvalue weighted by molar-refractivity contribution is 6.08. The molecule has 0 unspecified atom stereocenters. The highest BCUT2D eigenvalue weighted by Crippen LogP contribution is 2.48. The average Bonchev–Trinajstić information content (AvgIpc) is 3.17. The molecule has 6 rings (SSSR count). The Bertz CT molecular complexity index is 1460. The zero-order valence-electron chi connectivity index (χ0n) is 17.6. The summed E-state index contributed by atoms with van der Waals surface area (Å²) in [6.07, 6.45) is 2.79. The van der Waals surface area contributed by atoms with Gasteiger partial charge in [-0.1, -0.05) is 42.5 Å². The first kappa shape index (κ1) is 19.6. The van der Waals surface area contributed by atoms with E-state index in [4.69, 9.17) is 5.73 Å². The first-order chi connectivity index (χ1) is 16.0. The monoisotopic (exact) mass is 441 g/mol. The van der Waals surface area contributed by atoms with Gasteiger partial charge in [-0.15, -0.1) is 0 Å². The van der Waals surface area contributed by atoms with Crippen LogP contribution in [0.25, 0.3) is 33.4 Å². The van der Waals surface area contributed by atoms with Crippen LogP contribution in [0.5, 0.6) is 0 Å². The maximum atomic E-state index is 15.9. The van der Waals surface area contributed by atoms with Crippen molar-refractivity contribution < 1.29 is 14.0 Å². The number of pyridine rings is 1. The average molecular weight is 441 g/mol. The summed E-state index contributed by atoms with van der Waals surface area (Å²) < 4.78 is 17.5. The molecule has 8 heteroatoms. The molecule has 1 fully saturated rings. The molecule has 0 radical (unpaired) electrons. The van der Waals surface area contributed by atoms with Crippen molar-refractivity contribution in [3.63, 3.8) is 0 Å². The number of hydrogen-bond donors (Lipinski definition) is 2. The third-order valence-electron chi connectivity index (χ3n) is 6.74. The summed E-state index contributed by atoms with van der Waals surface area (Å²) in [4.78, 5) is 29.4. The highest BCUT2D eigenvalue weighted by atomic mass is 19.1. The van der Waals surface area contributed by atoms with E-state index in [9.17, 15) is 9.59 Å². The number of fused-ring (bicyclic) bond motifs is 3. The van der Waals surface area contributed by atoms with Gasteiger partial charge in [0.1, 0.15) is 22.6 Å². The van der Waals surface area contributed by atoms with Crippen molar-refractivity contribution in [3.05, 3.63) is 66.0 Å². The van der Waals surface area contributed by atoms with Gasteiger partial charge in [0.25, 0.3) is 5.91 Å². The molecule has 0 atom stereocenters. The molecule has 4 aromatic rings. The van der Waals surface area contributed by atoms with E-state index in [1.807, 2.05) is 42.5 Å². The van der Waals surface area contributed by atoms with Gasteiger partial charge in [-0.05, 0) is 31.4 Å². The molecule has 7 nitrogen and oxygen atoms in total. The fraction of sp³-hybridized carbons (Fsp3) is 0.200. The molecule has 0 bridgehead atoms. The lowest BCUT2D eigenvalue weighted by Gasteiger charge is -2.44. The van der Waals surface area contributed by atoms with Gasteiger partial charge in [-0.2, -0.15) is 5.10 Å². The minimum atomic E-state index is -0.770. The van der Waals surface area contributed by atoms with Crippen LogP contribution in [-0.2, 0) is 10.3 Å². The third kappa shape index (κ3) is 2.87. The SMILES string of the molecule is NC(=O)c1c(-c2ccc3ccc(-c4ccccc4)nc3c2F)nn2c1NC(=O)CC21CCC1.